The van der Waals surface area contributed by atoms with Crippen LogP contribution in [0.1, 0.15) is 24.3 Å². The van der Waals surface area contributed by atoms with Crippen LogP contribution in [0.25, 0.3) is 0 Å². The Morgan fingerprint density at radius 2 is 2.16 bits per heavy atom. The van der Waals surface area contributed by atoms with Crippen molar-refractivity contribution < 1.29 is 18.8 Å². The summed E-state index contributed by atoms with van der Waals surface area (Å²) in [5, 5.41) is 6.64. The molecule has 2 heterocycles. The first-order valence-corrected chi connectivity index (χ1v) is 8.31. The van der Waals surface area contributed by atoms with Crippen molar-refractivity contribution >= 4 is 17.7 Å². The number of amides is 2. The number of esters is 1. The maximum Gasteiger partial charge on any atom is 0.321 e. The molecular formula is C18H21N3O4. The fourth-order valence-electron chi connectivity index (χ4n) is 2.83. The molecule has 0 radical (unpaired) electrons. The van der Waals surface area contributed by atoms with Gasteiger partial charge < -0.3 is 19.5 Å². The summed E-state index contributed by atoms with van der Waals surface area (Å²) in [7, 11) is 0. The minimum atomic E-state index is -0.316. The number of likely N-dealkylation sites (tertiary alicyclic amines) is 1. The molecule has 1 aromatic heterocycles. The van der Waals surface area contributed by atoms with E-state index in [-0.39, 0.29) is 24.5 Å². The van der Waals surface area contributed by atoms with E-state index in [1.807, 2.05) is 30.3 Å². The number of rotatable bonds is 4. The standard InChI is InChI=1S/C18H21N3O4/c1-13-10-16(20-25-13)12-24-17(22)14-6-5-9-21(11-14)18(23)19-15-7-3-2-4-8-15/h2-4,7-8,10,14H,5-6,9,11-12H2,1H3,(H,19,23)/t14-/m1/s1. The Balaban J connectivity index is 1.51. The van der Waals surface area contributed by atoms with Crippen LogP contribution in [0.4, 0.5) is 10.5 Å². The first kappa shape index (κ1) is 17.0. The number of carbonyl (C=O) groups excluding carboxylic acids is 2. The summed E-state index contributed by atoms with van der Waals surface area (Å²) < 4.78 is 10.3. The van der Waals surface area contributed by atoms with E-state index in [0.717, 1.165) is 12.1 Å². The van der Waals surface area contributed by atoms with Crippen LogP contribution >= 0.6 is 0 Å². The van der Waals surface area contributed by atoms with Crippen LogP contribution in [0.5, 0.6) is 0 Å². The molecule has 0 spiro atoms. The molecule has 1 fully saturated rings. The largest absolute Gasteiger partial charge is 0.459 e. The van der Waals surface area contributed by atoms with Gasteiger partial charge in [0.1, 0.15) is 18.1 Å². The lowest BCUT2D eigenvalue weighted by atomic mass is 9.98. The minimum absolute atomic E-state index is 0.0862. The molecule has 0 saturated carbocycles. The van der Waals surface area contributed by atoms with Crippen molar-refractivity contribution in [2.24, 2.45) is 5.92 Å². The van der Waals surface area contributed by atoms with E-state index in [1.54, 1.807) is 17.9 Å². The topological polar surface area (TPSA) is 84.7 Å². The number of benzene rings is 1. The monoisotopic (exact) mass is 343 g/mol. The number of ether oxygens (including phenoxy) is 1. The van der Waals surface area contributed by atoms with Gasteiger partial charge in [-0.2, -0.15) is 0 Å². The van der Waals surface area contributed by atoms with Crippen molar-refractivity contribution in [3.63, 3.8) is 0 Å². The predicted molar refractivity (Wildman–Crippen MR) is 90.8 cm³/mol. The average molecular weight is 343 g/mol. The molecule has 2 amide bonds. The maximum atomic E-state index is 12.4. The van der Waals surface area contributed by atoms with Crippen LogP contribution in [0.3, 0.4) is 0 Å². The number of nitrogens with zero attached hydrogens (tertiary/aromatic N) is 2. The summed E-state index contributed by atoms with van der Waals surface area (Å²) in [6.45, 7) is 2.85. The Bertz CT molecular complexity index is 729. The molecule has 7 nitrogen and oxygen atoms in total. The van der Waals surface area contributed by atoms with Crippen LogP contribution in [0, 0.1) is 12.8 Å². The Kier molecular flexibility index (Phi) is 5.33. The number of aryl methyl sites for hydroxylation is 1. The van der Waals surface area contributed by atoms with Crippen LogP contribution < -0.4 is 5.32 Å². The summed E-state index contributed by atoms with van der Waals surface area (Å²) in [6, 6.07) is 10.8. The van der Waals surface area contributed by atoms with Gasteiger partial charge in [0, 0.05) is 24.8 Å². The molecule has 25 heavy (non-hydrogen) atoms. The second-order valence-corrected chi connectivity index (χ2v) is 6.12. The zero-order chi connectivity index (χ0) is 17.6. The number of carbonyl (C=O) groups is 2. The highest BCUT2D eigenvalue weighted by Gasteiger charge is 2.29. The second kappa shape index (κ2) is 7.83. The molecule has 1 aliphatic heterocycles. The highest BCUT2D eigenvalue weighted by Crippen LogP contribution is 2.20. The Morgan fingerprint density at radius 3 is 2.88 bits per heavy atom. The molecule has 2 aromatic rings. The zero-order valence-corrected chi connectivity index (χ0v) is 14.1. The Morgan fingerprint density at radius 1 is 1.36 bits per heavy atom. The zero-order valence-electron chi connectivity index (χ0n) is 14.1. The fraction of sp³-hybridized carbons (Fsp3) is 0.389. The van der Waals surface area contributed by atoms with Crippen molar-refractivity contribution in [2.75, 3.05) is 18.4 Å². The smallest absolute Gasteiger partial charge is 0.321 e. The van der Waals surface area contributed by atoms with Gasteiger partial charge in [0.2, 0.25) is 0 Å². The van der Waals surface area contributed by atoms with E-state index in [2.05, 4.69) is 10.5 Å². The summed E-state index contributed by atoms with van der Waals surface area (Å²) in [6.07, 6.45) is 1.48. The summed E-state index contributed by atoms with van der Waals surface area (Å²) in [5.74, 6) is 0.0496. The van der Waals surface area contributed by atoms with Crippen LogP contribution in [0.15, 0.2) is 40.9 Å². The number of anilines is 1. The van der Waals surface area contributed by atoms with E-state index in [9.17, 15) is 9.59 Å². The molecule has 1 atom stereocenters. The third-order valence-corrected chi connectivity index (χ3v) is 4.11. The van der Waals surface area contributed by atoms with Crippen molar-refractivity contribution in [3.05, 3.63) is 47.9 Å². The number of urea groups is 1. The Labute approximate surface area is 145 Å². The van der Waals surface area contributed by atoms with E-state index in [4.69, 9.17) is 9.26 Å². The quantitative estimate of drug-likeness (QED) is 0.863. The third kappa shape index (κ3) is 4.59. The van der Waals surface area contributed by atoms with E-state index >= 15 is 0 Å². The SMILES string of the molecule is Cc1cc(COC(=O)[C@@H]2CCCN(C(=O)Nc3ccccc3)C2)no1. The molecule has 1 N–H and O–H groups in total. The molecule has 132 valence electrons. The number of hydrogen-bond acceptors (Lipinski definition) is 5. The Hall–Kier alpha value is -2.83. The third-order valence-electron chi connectivity index (χ3n) is 4.11. The van der Waals surface area contributed by atoms with Crippen LogP contribution in [-0.2, 0) is 16.1 Å². The first-order chi connectivity index (χ1) is 12.1. The first-order valence-electron chi connectivity index (χ1n) is 8.31. The molecule has 7 heteroatoms. The average Bonchev–Trinajstić information content (AvgIpc) is 3.06. The molecule has 1 saturated heterocycles. The molecule has 0 unspecified atom stereocenters. The number of hydrogen-bond donors (Lipinski definition) is 1. The lowest BCUT2D eigenvalue weighted by Gasteiger charge is -2.31. The lowest BCUT2D eigenvalue weighted by molar-refractivity contribution is -0.151. The van der Waals surface area contributed by atoms with Crippen molar-refractivity contribution in [2.45, 2.75) is 26.4 Å². The molecule has 0 bridgehead atoms. The van der Waals surface area contributed by atoms with Gasteiger partial charge in [-0.3, -0.25) is 4.79 Å². The lowest BCUT2D eigenvalue weighted by Crippen LogP contribution is -2.44. The van der Waals surface area contributed by atoms with Crippen molar-refractivity contribution in [1.29, 1.82) is 0 Å². The van der Waals surface area contributed by atoms with Crippen molar-refractivity contribution in [3.8, 4) is 0 Å². The molecular weight excluding hydrogens is 322 g/mol. The van der Waals surface area contributed by atoms with E-state index in [1.165, 1.54) is 0 Å². The van der Waals surface area contributed by atoms with Gasteiger partial charge >= 0.3 is 12.0 Å². The molecule has 1 aromatic carbocycles. The van der Waals surface area contributed by atoms with E-state index < -0.39 is 0 Å². The second-order valence-electron chi connectivity index (χ2n) is 6.12. The number of para-hydroxylation sites is 1. The van der Waals surface area contributed by atoms with Crippen molar-refractivity contribution in [1.82, 2.24) is 10.1 Å². The molecule has 1 aliphatic rings. The maximum absolute atomic E-state index is 12.4. The highest BCUT2D eigenvalue weighted by atomic mass is 16.5. The highest BCUT2D eigenvalue weighted by molar-refractivity contribution is 5.89. The molecule has 0 aliphatic carbocycles. The van der Waals surface area contributed by atoms with Gasteiger partial charge in [-0.1, -0.05) is 23.4 Å². The van der Waals surface area contributed by atoms with E-state index in [0.29, 0.717) is 31.0 Å². The number of nitrogens with one attached hydrogen (secondary N) is 1. The van der Waals surface area contributed by atoms with Gasteiger partial charge in [-0.05, 0) is 31.9 Å². The summed E-state index contributed by atoms with van der Waals surface area (Å²) >= 11 is 0. The van der Waals surface area contributed by atoms with Crippen LogP contribution in [0.2, 0.25) is 0 Å². The van der Waals surface area contributed by atoms with Gasteiger partial charge in [0.25, 0.3) is 0 Å². The van der Waals surface area contributed by atoms with Gasteiger partial charge in [0.15, 0.2) is 0 Å². The fourth-order valence-corrected chi connectivity index (χ4v) is 2.83. The van der Waals surface area contributed by atoms with Gasteiger partial charge in [0.05, 0.1) is 5.92 Å². The number of piperidine rings is 1. The minimum Gasteiger partial charge on any atom is -0.459 e. The van der Waals surface area contributed by atoms with Crippen LogP contribution in [-0.4, -0.2) is 35.1 Å². The molecule has 3 rings (SSSR count). The van der Waals surface area contributed by atoms with Gasteiger partial charge in [-0.25, -0.2) is 4.79 Å². The number of aromatic nitrogens is 1. The normalized spacial score (nSPS) is 17.2. The predicted octanol–water partition coefficient (Wildman–Crippen LogP) is 2.97. The van der Waals surface area contributed by atoms with Gasteiger partial charge in [-0.15, -0.1) is 0 Å². The summed E-state index contributed by atoms with van der Waals surface area (Å²) in [5.41, 5.74) is 1.32. The summed E-state index contributed by atoms with van der Waals surface area (Å²) in [4.78, 5) is 26.3.